The zero-order chi connectivity index (χ0) is 8.24. The lowest BCUT2D eigenvalue weighted by Crippen LogP contribution is -1.68. The van der Waals surface area contributed by atoms with Crippen LogP contribution in [0.4, 0.5) is 0 Å². The van der Waals surface area contributed by atoms with Crippen molar-refractivity contribution < 1.29 is 9.53 Å². The Morgan fingerprint density at radius 2 is 1.50 bits per heavy atom. The third-order valence-electron chi connectivity index (χ3n) is 1.05. The smallest absolute Gasteiger partial charge is 0.292 e. The maximum Gasteiger partial charge on any atom is 0.292 e. The summed E-state index contributed by atoms with van der Waals surface area (Å²) >= 11 is 0. The van der Waals surface area contributed by atoms with Crippen LogP contribution < -0.4 is 0 Å². The molecular weight excluding hydrogens is 128 g/mol. The summed E-state index contributed by atoms with van der Waals surface area (Å²) in [6.45, 7) is 4.84. The van der Waals surface area contributed by atoms with Gasteiger partial charge in [-0.05, 0) is 0 Å². The molecule has 62 valence electrons. The first-order valence-corrected chi connectivity index (χ1v) is 3.79. The first kappa shape index (κ1) is 12.2. The lowest BCUT2D eigenvalue weighted by molar-refractivity contribution is -0.126. The van der Waals surface area contributed by atoms with E-state index in [4.69, 9.17) is 4.79 Å². The average Bonchev–Trinajstić information content (AvgIpc) is 2.01. The van der Waals surface area contributed by atoms with Crippen LogP contribution in [-0.4, -0.2) is 13.6 Å². The van der Waals surface area contributed by atoms with Crippen LogP contribution in [0.25, 0.3) is 0 Å². The van der Waals surface area contributed by atoms with Gasteiger partial charge >= 0.3 is 0 Å². The summed E-state index contributed by atoms with van der Waals surface area (Å²) in [5.41, 5.74) is 0. The van der Waals surface area contributed by atoms with Gasteiger partial charge in [0, 0.05) is 0 Å². The minimum atomic E-state index is 0.375. The molecule has 0 aliphatic heterocycles. The number of methoxy groups -OCH3 is 1. The molecule has 0 radical (unpaired) electrons. The first-order valence-electron chi connectivity index (χ1n) is 3.79. The van der Waals surface area contributed by atoms with Gasteiger partial charge in [0.2, 0.25) is 0 Å². The summed E-state index contributed by atoms with van der Waals surface area (Å²) < 4.78 is 3.86. The molecule has 0 aliphatic rings. The molecule has 0 unspecified atom stereocenters. The standard InChI is InChI=1S/C6H14.C2H4O2/c1-3-5-6-4-2;1-4-2-3/h3-6H2,1-2H3;2H,1H3. The third-order valence-corrected chi connectivity index (χ3v) is 1.05. The highest BCUT2D eigenvalue weighted by Crippen LogP contribution is 1.95. The van der Waals surface area contributed by atoms with Gasteiger partial charge in [-0.3, -0.25) is 4.79 Å². The Kier molecular flexibility index (Phi) is 19.2. The molecule has 0 heterocycles. The fourth-order valence-corrected chi connectivity index (χ4v) is 0.500. The number of rotatable bonds is 4. The van der Waals surface area contributed by atoms with Crippen molar-refractivity contribution in [3.8, 4) is 0 Å². The topological polar surface area (TPSA) is 26.3 Å². The van der Waals surface area contributed by atoms with Crippen LogP contribution >= 0.6 is 0 Å². The van der Waals surface area contributed by atoms with Gasteiger partial charge in [0.1, 0.15) is 0 Å². The minimum absolute atomic E-state index is 0.375. The number of unbranched alkanes of at least 4 members (excludes halogenated alkanes) is 3. The molecule has 0 spiro atoms. The highest BCUT2D eigenvalue weighted by atomic mass is 16.5. The number of ether oxygens (including phenoxy) is 1. The summed E-state index contributed by atoms with van der Waals surface area (Å²) in [7, 11) is 1.31. The number of hydrogen-bond donors (Lipinski definition) is 0. The van der Waals surface area contributed by atoms with Gasteiger partial charge < -0.3 is 4.74 Å². The van der Waals surface area contributed by atoms with Gasteiger partial charge in [0.15, 0.2) is 0 Å². The lowest BCUT2D eigenvalue weighted by atomic mass is 10.2. The lowest BCUT2D eigenvalue weighted by Gasteiger charge is -1.86. The predicted octanol–water partition coefficient (Wildman–Crippen LogP) is 2.38. The average molecular weight is 146 g/mol. The maximum absolute atomic E-state index is 8.95. The van der Waals surface area contributed by atoms with E-state index in [2.05, 4.69) is 18.6 Å². The van der Waals surface area contributed by atoms with E-state index in [1.54, 1.807) is 0 Å². The fraction of sp³-hybridized carbons (Fsp3) is 0.875. The quantitative estimate of drug-likeness (QED) is 0.449. The molecule has 0 N–H and O–H groups in total. The van der Waals surface area contributed by atoms with Crippen LogP contribution in [0.5, 0.6) is 0 Å². The van der Waals surface area contributed by atoms with Crippen LogP contribution in [-0.2, 0) is 9.53 Å². The molecule has 0 saturated heterocycles. The summed E-state index contributed by atoms with van der Waals surface area (Å²) in [5.74, 6) is 0. The Hall–Kier alpha value is -0.530. The molecule has 2 heteroatoms. The Bertz CT molecular complexity index is 49.2. The van der Waals surface area contributed by atoms with Crippen molar-refractivity contribution in [2.24, 2.45) is 0 Å². The Morgan fingerprint density at radius 1 is 1.20 bits per heavy atom. The molecular formula is C8H18O2. The van der Waals surface area contributed by atoms with Crippen molar-refractivity contribution in [3.63, 3.8) is 0 Å². The zero-order valence-electron chi connectivity index (χ0n) is 7.22. The molecule has 2 nitrogen and oxygen atoms in total. The van der Waals surface area contributed by atoms with Crippen molar-refractivity contribution in [2.75, 3.05) is 7.11 Å². The highest BCUT2D eigenvalue weighted by Gasteiger charge is 1.75. The van der Waals surface area contributed by atoms with Crippen LogP contribution in [0.3, 0.4) is 0 Å². The zero-order valence-corrected chi connectivity index (χ0v) is 7.22. The Labute approximate surface area is 63.6 Å². The van der Waals surface area contributed by atoms with E-state index in [0.717, 1.165) is 0 Å². The number of carbonyl (C=O) groups is 1. The predicted molar refractivity (Wildman–Crippen MR) is 42.9 cm³/mol. The second-order valence-electron chi connectivity index (χ2n) is 2.04. The second-order valence-corrected chi connectivity index (χ2v) is 2.04. The van der Waals surface area contributed by atoms with Crippen molar-refractivity contribution in [1.82, 2.24) is 0 Å². The van der Waals surface area contributed by atoms with E-state index in [9.17, 15) is 0 Å². The van der Waals surface area contributed by atoms with E-state index < -0.39 is 0 Å². The van der Waals surface area contributed by atoms with Crippen molar-refractivity contribution in [1.29, 1.82) is 0 Å². The minimum Gasteiger partial charge on any atom is -0.471 e. The van der Waals surface area contributed by atoms with Gasteiger partial charge in [-0.1, -0.05) is 39.5 Å². The van der Waals surface area contributed by atoms with Gasteiger partial charge in [-0.25, -0.2) is 0 Å². The number of carbonyl (C=O) groups excluding carboxylic acids is 1. The normalized spacial score (nSPS) is 7.50. The number of hydrogen-bond acceptors (Lipinski definition) is 2. The van der Waals surface area contributed by atoms with Crippen molar-refractivity contribution in [3.05, 3.63) is 0 Å². The van der Waals surface area contributed by atoms with Crippen LogP contribution in [0.1, 0.15) is 39.5 Å². The van der Waals surface area contributed by atoms with Crippen molar-refractivity contribution >= 4 is 6.47 Å². The van der Waals surface area contributed by atoms with Crippen LogP contribution in [0.2, 0.25) is 0 Å². The molecule has 0 fully saturated rings. The Morgan fingerprint density at radius 3 is 1.60 bits per heavy atom. The first-order chi connectivity index (χ1) is 4.83. The monoisotopic (exact) mass is 146 g/mol. The van der Waals surface area contributed by atoms with Gasteiger partial charge in [-0.2, -0.15) is 0 Å². The van der Waals surface area contributed by atoms with Gasteiger partial charge in [0.05, 0.1) is 7.11 Å². The van der Waals surface area contributed by atoms with Gasteiger partial charge in [-0.15, -0.1) is 0 Å². The Balaban J connectivity index is 0. The summed E-state index contributed by atoms with van der Waals surface area (Å²) in [5, 5.41) is 0. The maximum atomic E-state index is 8.95. The second kappa shape index (κ2) is 15.8. The molecule has 0 aliphatic carbocycles. The van der Waals surface area contributed by atoms with Crippen LogP contribution in [0, 0.1) is 0 Å². The summed E-state index contributed by atoms with van der Waals surface area (Å²) in [6.07, 6.45) is 5.54. The van der Waals surface area contributed by atoms with Crippen molar-refractivity contribution in [2.45, 2.75) is 39.5 Å². The molecule has 0 aromatic carbocycles. The van der Waals surface area contributed by atoms with E-state index in [0.29, 0.717) is 6.47 Å². The molecule has 0 amide bonds. The van der Waals surface area contributed by atoms with E-state index in [1.165, 1.54) is 32.8 Å². The largest absolute Gasteiger partial charge is 0.471 e. The SMILES string of the molecule is CCCCCC.COC=O. The summed E-state index contributed by atoms with van der Waals surface area (Å²) in [6, 6.07) is 0. The molecule has 0 atom stereocenters. The van der Waals surface area contributed by atoms with E-state index in [1.807, 2.05) is 0 Å². The molecule has 0 aromatic rings. The van der Waals surface area contributed by atoms with E-state index in [-0.39, 0.29) is 0 Å². The third kappa shape index (κ3) is 26.0. The molecule has 0 aromatic heterocycles. The molecule has 10 heavy (non-hydrogen) atoms. The highest BCUT2D eigenvalue weighted by molar-refractivity contribution is 5.36. The van der Waals surface area contributed by atoms with Gasteiger partial charge in [0.25, 0.3) is 6.47 Å². The molecule has 0 saturated carbocycles. The summed E-state index contributed by atoms with van der Waals surface area (Å²) in [4.78, 5) is 8.95. The fourth-order valence-electron chi connectivity index (χ4n) is 0.500. The molecule has 0 rings (SSSR count). The molecule has 0 bridgehead atoms. The van der Waals surface area contributed by atoms with E-state index >= 15 is 0 Å². The van der Waals surface area contributed by atoms with Crippen LogP contribution in [0.15, 0.2) is 0 Å².